The van der Waals surface area contributed by atoms with Gasteiger partial charge < -0.3 is 14.6 Å². The fourth-order valence-corrected chi connectivity index (χ4v) is 4.35. The molecule has 1 N–H and O–H groups in total. The first-order valence-electron chi connectivity index (χ1n) is 11.4. The number of benzene rings is 3. The van der Waals surface area contributed by atoms with Crippen molar-refractivity contribution in [2.45, 2.75) is 38.3 Å². The van der Waals surface area contributed by atoms with Gasteiger partial charge in [-0.1, -0.05) is 60.7 Å². The van der Waals surface area contributed by atoms with E-state index in [4.69, 9.17) is 4.74 Å². The van der Waals surface area contributed by atoms with Crippen LogP contribution in [0.5, 0.6) is 11.5 Å². The molecule has 1 aliphatic heterocycles. The molecular weight excluding hydrogens is 410 g/mol. The zero-order valence-electron chi connectivity index (χ0n) is 18.6. The van der Waals surface area contributed by atoms with Crippen LogP contribution in [0.4, 0.5) is 0 Å². The van der Waals surface area contributed by atoms with E-state index in [1.54, 1.807) is 0 Å². The Kier molecular flexibility index (Phi) is 5.94. The Morgan fingerprint density at radius 1 is 0.970 bits per heavy atom. The highest BCUT2D eigenvalue weighted by atomic mass is 16.5. The second kappa shape index (κ2) is 9.33. The standard InChI is InChI=1S/C28H27N3O2/c1-20(21-8-4-2-5-9-21)29-28(32)26-19-31-18-23(14-17-27(31)30-26)22-12-15-25(16-13-22)33-24-10-6-3-7-11-24/h2-13,15-16,19-20,23H,14,17-18H2,1H3,(H,29,32)/t20-,23+/m1/s1. The maximum Gasteiger partial charge on any atom is 0.271 e. The molecule has 0 aliphatic carbocycles. The monoisotopic (exact) mass is 437 g/mol. The van der Waals surface area contributed by atoms with E-state index in [0.717, 1.165) is 42.3 Å². The van der Waals surface area contributed by atoms with Gasteiger partial charge in [0.25, 0.3) is 5.91 Å². The van der Waals surface area contributed by atoms with Crippen LogP contribution in [0.25, 0.3) is 0 Å². The number of nitrogens with one attached hydrogen (secondary N) is 1. The number of amides is 1. The summed E-state index contributed by atoms with van der Waals surface area (Å²) in [7, 11) is 0. The van der Waals surface area contributed by atoms with Crippen LogP contribution >= 0.6 is 0 Å². The molecule has 1 aromatic heterocycles. The van der Waals surface area contributed by atoms with Crippen molar-refractivity contribution in [3.05, 3.63) is 114 Å². The Bertz CT molecular complexity index is 1220. The largest absolute Gasteiger partial charge is 0.457 e. The summed E-state index contributed by atoms with van der Waals surface area (Å²) >= 11 is 0. The topological polar surface area (TPSA) is 56.2 Å². The molecule has 3 aromatic carbocycles. The molecule has 0 fully saturated rings. The van der Waals surface area contributed by atoms with Crippen LogP contribution in [0.3, 0.4) is 0 Å². The van der Waals surface area contributed by atoms with Gasteiger partial charge in [0.1, 0.15) is 23.0 Å². The number of nitrogens with zero attached hydrogens (tertiary/aromatic N) is 2. The second-order valence-corrected chi connectivity index (χ2v) is 8.52. The lowest BCUT2D eigenvalue weighted by Gasteiger charge is -2.24. The summed E-state index contributed by atoms with van der Waals surface area (Å²) in [6.45, 7) is 2.81. The SMILES string of the molecule is C[C@@H](NC(=O)c1cn2c(n1)CC[C@H](c1ccc(Oc3ccccc3)cc1)C2)c1ccccc1. The van der Waals surface area contributed by atoms with Gasteiger partial charge in [0.05, 0.1) is 6.04 Å². The number of aryl methyl sites for hydroxylation is 1. The predicted octanol–water partition coefficient (Wildman–Crippen LogP) is 5.90. The van der Waals surface area contributed by atoms with Gasteiger partial charge in [0.15, 0.2) is 0 Å². The number of imidazole rings is 1. The van der Waals surface area contributed by atoms with E-state index in [-0.39, 0.29) is 11.9 Å². The minimum atomic E-state index is -0.132. The molecule has 1 amide bonds. The summed E-state index contributed by atoms with van der Waals surface area (Å²) in [6.07, 6.45) is 3.76. The van der Waals surface area contributed by atoms with E-state index in [9.17, 15) is 4.79 Å². The number of hydrogen-bond acceptors (Lipinski definition) is 3. The number of ether oxygens (including phenoxy) is 1. The molecule has 0 saturated heterocycles. The molecule has 0 radical (unpaired) electrons. The van der Waals surface area contributed by atoms with Gasteiger partial charge in [-0.3, -0.25) is 4.79 Å². The Morgan fingerprint density at radius 2 is 1.64 bits per heavy atom. The van der Waals surface area contributed by atoms with Crippen LogP contribution in [0.15, 0.2) is 91.1 Å². The Labute approximate surface area is 194 Å². The first-order chi connectivity index (χ1) is 16.2. The lowest BCUT2D eigenvalue weighted by atomic mass is 9.91. The number of rotatable bonds is 6. The molecule has 5 heteroatoms. The lowest BCUT2D eigenvalue weighted by molar-refractivity contribution is 0.0935. The summed E-state index contributed by atoms with van der Waals surface area (Å²) in [5, 5.41) is 3.06. The van der Waals surface area contributed by atoms with Crippen LogP contribution in [-0.4, -0.2) is 15.5 Å². The number of carbonyl (C=O) groups excluding carboxylic acids is 1. The van der Waals surface area contributed by atoms with Crippen LogP contribution in [-0.2, 0) is 13.0 Å². The minimum absolute atomic E-state index is 0.0678. The molecule has 2 heterocycles. The van der Waals surface area contributed by atoms with E-state index in [0.29, 0.717) is 11.6 Å². The molecule has 0 bridgehead atoms. The van der Waals surface area contributed by atoms with E-state index in [2.05, 4.69) is 27.0 Å². The van der Waals surface area contributed by atoms with Gasteiger partial charge in [-0.05, 0) is 48.7 Å². The average molecular weight is 438 g/mol. The quantitative estimate of drug-likeness (QED) is 0.409. The van der Waals surface area contributed by atoms with Gasteiger partial charge in [0.2, 0.25) is 0 Å². The highest BCUT2D eigenvalue weighted by Gasteiger charge is 2.24. The Balaban J connectivity index is 1.23. The first-order valence-corrected chi connectivity index (χ1v) is 11.4. The van der Waals surface area contributed by atoms with E-state index < -0.39 is 0 Å². The van der Waals surface area contributed by atoms with Gasteiger partial charge in [-0.2, -0.15) is 0 Å². The predicted molar refractivity (Wildman–Crippen MR) is 129 cm³/mol. The molecule has 5 rings (SSSR count). The highest BCUT2D eigenvalue weighted by Crippen LogP contribution is 2.31. The summed E-state index contributed by atoms with van der Waals surface area (Å²) < 4.78 is 8.04. The smallest absolute Gasteiger partial charge is 0.271 e. The molecule has 4 aromatic rings. The van der Waals surface area contributed by atoms with Crippen molar-refractivity contribution < 1.29 is 9.53 Å². The number of para-hydroxylation sites is 1. The van der Waals surface area contributed by atoms with Gasteiger partial charge >= 0.3 is 0 Å². The highest BCUT2D eigenvalue weighted by molar-refractivity contribution is 5.92. The van der Waals surface area contributed by atoms with Gasteiger partial charge in [-0.25, -0.2) is 4.98 Å². The molecule has 2 atom stereocenters. The van der Waals surface area contributed by atoms with E-state index in [1.165, 1.54) is 5.56 Å². The number of hydrogen-bond donors (Lipinski definition) is 1. The lowest BCUT2D eigenvalue weighted by Crippen LogP contribution is -2.26. The average Bonchev–Trinajstić information content (AvgIpc) is 3.29. The third-order valence-corrected chi connectivity index (χ3v) is 6.20. The first kappa shape index (κ1) is 21.0. The molecule has 0 spiro atoms. The van der Waals surface area contributed by atoms with Crippen molar-refractivity contribution in [1.82, 2.24) is 14.9 Å². The maximum absolute atomic E-state index is 12.8. The maximum atomic E-state index is 12.8. The fraction of sp³-hybridized carbons (Fsp3) is 0.214. The molecule has 33 heavy (non-hydrogen) atoms. The van der Waals surface area contributed by atoms with E-state index >= 15 is 0 Å². The van der Waals surface area contributed by atoms with Crippen LogP contribution in [0, 0.1) is 0 Å². The van der Waals surface area contributed by atoms with Crippen molar-refractivity contribution in [3.8, 4) is 11.5 Å². The fourth-order valence-electron chi connectivity index (χ4n) is 4.35. The minimum Gasteiger partial charge on any atom is -0.457 e. The zero-order valence-corrected chi connectivity index (χ0v) is 18.6. The normalized spacial score (nSPS) is 16.0. The summed E-state index contributed by atoms with van der Waals surface area (Å²) in [4.78, 5) is 17.4. The van der Waals surface area contributed by atoms with Crippen molar-refractivity contribution >= 4 is 5.91 Å². The summed E-state index contributed by atoms with van der Waals surface area (Å²) in [5.74, 6) is 2.89. The molecule has 166 valence electrons. The Hall–Kier alpha value is -3.86. The van der Waals surface area contributed by atoms with Gasteiger partial charge in [-0.15, -0.1) is 0 Å². The summed E-state index contributed by atoms with van der Waals surface area (Å²) in [5.41, 5.74) is 2.84. The van der Waals surface area contributed by atoms with Crippen molar-refractivity contribution in [2.75, 3.05) is 0 Å². The number of carbonyl (C=O) groups is 1. The molecule has 1 aliphatic rings. The third kappa shape index (κ3) is 4.82. The zero-order chi connectivity index (χ0) is 22.6. The Morgan fingerprint density at radius 3 is 2.36 bits per heavy atom. The molecular formula is C28H27N3O2. The molecule has 0 unspecified atom stereocenters. The van der Waals surface area contributed by atoms with Crippen LogP contribution in [0.1, 0.15) is 52.7 Å². The van der Waals surface area contributed by atoms with Gasteiger partial charge in [0, 0.05) is 25.1 Å². The summed E-state index contributed by atoms with van der Waals surface area (Å²) in [6, 6.07) is 28.0. The third-order valence-electron chi connectivity index (χ3n) is 6.20. The van der Waals surface area contributed by atoms with Crippen molar-refractivity contribution in [3.63, 3.8) is 0 Å². The van der Waals surface area contributed by atoms with Crippen LogP contribution in [0.2, 0.25) is 0 Å². The molecule has 0 saturated carbocycles. The second-order valence-electron chi connectivity index (χ2n) is 8.52. The number of aromatic nitrogens is 2. The van der Waals surface area contributed by atoms with E-state index in [1.807, 2.05) is 85.9 Å². The molecule has 5 nitrogen and oxygen atoms in total. The number of fused-ring (bicyclic) bond motifs is 1. The van der Waals surface area contributed by atoms with Crippen LogP contribution < -0.4 is 10.1 Å². The van der Waals surface area contributed by atoms with Crippen molar-refractivity contribution in [1.29, 1.82) is 0 Å². The van der Waals surface area contributed by atoms with Crippen molar-refractivity contribution in [2.24, 2.45) is 0 Å².